The Bertz CT molecular complexity index is 499. The van der Waals surface area contributed by atoms with Gasteiger partial charge in [-0.25, -0.2) is 0 Å². The van der Waals surface area contributed by atoms with Gasteiger partial charge in [-0.2, -0.15) is 18.4 Å². The first-order valence-corrected chi connectivity index (χ1v) is 6.56. The molecule has 1 fully saturated rings. The van der Waals surface area contributed by atoms with Gasteiger partial charge in [0, 0.05) is 6.54 Å². The van der Waals surface area contributed by atoms with E-state index in [-0.39, 0.29) is 5.56 Å². The SMILES string of the molecule is N#Cc1cc(C(F)(F)F)ccc1NCC1CCCNC1. The van der Waals surface area contributed by atoms with E-state index in [1.807, 2.05) is 6.07 Å². The first kappa shape index (κ1) is 14.7. The van der Waals surface area contributed by atoms with Crippen molar-refractivity contribution in [2.45, 2.75) is 19.0 Å². The van der Waals surface area contributed by atoms with E-state index >= 15 is 0 Å². The summed E-state index contributed by atoms with van der Waals surface area (Å²) in [6.07, 6.45) is -2.23. The lowest BCUT2D eigenvalue weighted by atomic mass is 9.99. The Balaban J connectivity index is 2.06. The second kappa shape index (κ2) is 6.14. The van der Waals surface area contributed by atoms with Crippen molar-refractivity contribution in [3.05, 3.63) is 29.3 Å². The van der Waals surface area contributed by atoms with Crippen molar-refractivity contribution in [3.63, 3.8) is 0 Å². The number of rotatable bonds is 3. The van der Waals surface area contributed by atoms with E-state index in [0.717, 1.165) is 38.1 Å². The lowest BCUT2D eigenvalue weighted by molar-refractivity contribution is -0.137. The number of alkyl halides is 3. The molecule has 1 atom stereocenters. The summed E-state index contributed by atoms with van der Waals surface area (Å²) in [5.74, 6) is 0.442. The Kier molecular flexibility index (Phi) is 4.50. The van der Waals surface area contributed by atoms with Gasteiger partial charge in [0.1, 0.15) is 6.07 Å². The molecular weight excluding hydrogens is 267 g/mol. The molecule has 1 saturated heterocycles. The van der Waals surface area contributed by atoms with Gasteiger partial charge in [0.15, 0.2) is 0 Å². The molecule has 2 rings (SSSR count). The number of halogens is 3. The summed E-state index contributed by atoms with van der Waals surface area (Å²) in [6.45, 7) is 2.57. The van der Waals surface area contributed by atoms with Crippen molar-refractivity contribution in [2.75, 3.05) is 25.0 Å². The fourth-order valence-corrected chi connectivity index (χ4v) is 2.32. The number of hydrogen-bond acceptors (Lipinski definition) is 3. The minimum atomic E-state index is -4.42. The van der Waals surface area contributed by atoms with Crippen LogP contribution in [-0.2, 0) is 6.18 Å². The van der Waals surface area contributed by atoms with Crippen LogP contribution < -0.4 is 10.6 Å². The van der Waals surface area contributed by atoms with Crippen molar-refractivity contribution in [2.24, 2.45) is 5.92 Å². The van der Waals surface area contributed by atoms with Crippen LogP contribution in [-0.4, -0.2) is 19.6 Å². The van der Waals surface area contributed by atoms with E-state index in [0.29, 0.717) is 18.2 Å². The molecule has 1 aliphatic rings. The van der Waals surface area contributed by atoms with Gasteiger partial charge in [0.2, 0.25) is 0 Å². The molecule has 1 heterocycles. The summed E-state index contributed by atoms with van der Waals surface area (Å²) in [6, 6.07) is 5.04. The van der Waals surface area contributed by atoms with Crippen molar-refractivity contribution >= 4 is 5.69 Å². The fourth-order valence-electron chi connectivity index (χ4n) is 2.32. The topological polar surface area (TPSA) is 47.9 Å². The van der Waals surface area contributed by atoms with Gasteiger partial charge in [-0.3, -0.25) is 0 Å². The zero-order valence-corrected chi connectivity index (χ0v) is 10.9. The molecule has 1 aromatic rings. The van der Waals surface area contributed by atoms with Gasteiger partial charge in [0.05, 0.1) is 16.8 Å². The van der Waals surface area contributed by atoms with E-state index in [2.05, 4.69) is 10.6 Å². The third kappa shape index (κ3) is 3.64. The standard InChI is InChI=1S/C14H16F3N3/c15-14(16,17)12-3-4-13(11(6-12)7-18)20-9-10-2-1-5-19-8-10/h3-4,6,10,19-20H,1-2,5,8-9H2. The van der Waals surface area contributed by atoms with Gasteiger partial charge in [0.25, 0.3) is 0 Å². The third-order valence-electron chi connectivity index (χ3n) is 3.45. The molecule has 1 aromatic carbocycles. The number of nitrogens with zero attached hydrogens (tertiary/aromatic N) is 1. The molecule has 1 unspecified atom stereocenters. The smallest absolute Gasteiger partial charge is 0.384 e. The van der Waals surface area contributed by atoms with Crippen LogP contribution in [0.5, 0.6) is 0 Å². The minimum absolute atomic E-state index is 0.0311. The second-order valence-corrected chi connectivity index (χ2v) is 4.96. The highest BCUT2D eigenvalue weighted by molar-refractivity contribution is 5.59. The Hall–Kier alpha value is -1.74. The highest BCUT2D eigenvalue weighted by atomic mass is 19.4. The summed E-state index contributed by atoms with van der Waals surface area (Å²) >= 11 is 0. The zero-order valence-electron chi connectivity index (χ0n) is 10.9. The molecule has 0 aromatic heterocycles. The molecule has 0 saturated carbocycles. The number of hydrogen-bond donors (Lipinski definition) is 2. The van der Waals surface area contributed by atoms with E-state index in [9.17, 15) is 13.2 Å². The molecule has 108 valence electrons. The normalized spacial score (nSPS) is 19.4. The highest BCUT2D eigenvalue weighted by Crippen LogP contribution is 2.31. The number of benzene rings is 1. The van der Waals surface area contributed by atoms with Crippen molar-refractivity contribution in [1.29, 1.82) is 5.26 Å². The van der Waals surface area contributed by atoms with Gasteiger partial charge < -0.3 is 10.6 Å². The Morgan fingerprint density at radius 2 is 2.20 bits per heavy atom. The zero-order chi connectivity index (χ0) is 14.6. The number of piperidine rings is 1. The number of nitriles is 1. The summed E-state index contributed by atoms with van der Waals surface area (Å²) < 4.78 is 37.7. The third-order valence-corrected chi connectivity index (χ3v) is 3.45. The van der Waals surface area contributed by atoms with Crippen molar-refractivity contribution in [1.82, 2.24) is 5.32 Å². The van der Waals surface area contributed by atoms with Gasteiger partial charge in [-0.1, -0.05) is 0 Å². The molecule has 3 nitrogen and oxygen atoms in total. The van der Waals surface area contributed by atoms with E-state index in [1.54, 1.807) is 0 Å². The largest absolute Gasteiger partial charge is 0.416 e. The maximum atomic E-state index is 12.6. The first-order chi connectivity index (χ1) is 9.50. The van der Waals surface area contributed by atoms with Crippen molar-refractivity contribution in [3.8, 4) is 6.07 Å². The van der Waals surface area contributed by atoms with Crippen LogP contribution in [0.4, 0.5) is 18.9 Å². The molecular formula is C14H16F3N3. The maximum Gasteiger partial charge on any atom is 0.416 e. The summed E-state index contributed by atoms with van der Waals surface area (Å²) in [5, 5.41) is 15.3. The van der Waals surface area contributed by atoms with Crippen molar-refractivity contribution < 1.29 is 13.2 Å². The second-order valence-electron chi connectivity index (χ2n) is 4.96. The van der Waals surface area contributed by atoms with Crippen LogP contribution >= 0.6 is 0 Å². The predicted molar refractivity (Wildman–Crippen MR) is 70.2 cm³/mol. The van der Waals surface area contributed by atoms with Crippen LogP contribution in [0.25, 0.3) is 0 Å². The molecule has 0 bridgehead atoms. The predicted octanol–water partition coefficient (Wildman–Crippen LogP) is 2.99. The number of anilines is 1. The molecule has 6 heteroatoms. The monoisotopic (exact) mass is 283 g/mol. The molecule has 0 radical (unpaired) electrons. The molecule has 1 aliphatic heterocycles. The first-order valence-electron chi connectivity index (χ1n) is 6.56. The average Bonchev–Trinajstić information content (AvgIpc) is 2.45. The van der Waals surface area contributed by atoms with E-state index in [1.165, 1.54) is 6.07 Å². The lowest BCUT2D eigenvalue weighted by Gasteiger charge is -2.23. The minimum Gasteiger partial charge on any atom is -0.384 e. The molecule has 20 heavy (non-hydrogen) atoms. The highest BCUT2D eigenvalue weighted by Gasteiger charge is 2.31. The Morgan fingerprint density at radius 3 is 2.80 bits per heavy atom. The molecule has 0 aliphatic carbocycles. The Labute approximate surface area is 115 Å². The van der Waals surface area contributed by atoms with Gasteiger partial charge in [-0.05, 0) is 50.0 Å². The van der Waals surface area contributed by atoms with E-state index < -0.39 is 11.7 Å². The van der Waals surface area contributed by atoms with Gasteiger partial charge in [-0.15, -0.1) is 0 Å². The fraction of sp³-hybridized carbons (Fsp3) is 0.500. The Morgan fingerprint density at radius 1 is 1.40 bits per heavy atom. The average molecular weight is 283 g/mol. The maximum absolute atomic E-state index is 12.6. The van der Waals surface area contributed by atoms with Crippen LogP contribution in [0.1, 0.15) is 24.0 Å². The van der Waals surface area contributed by atoms with Crippen LogP contribution in [0.2, 0.25) is 0 Å². The molecule has 0 amide bonds. The summed E-state index contributed by atoms with van der Waals surface area (Å²) in [7, 11) is 0. The summed E-state index contributed by atoms with van der Waals surface area (Å²) in [5.41, 5.74) is -0.298. The number of nitrogens with one attached hydrogen (secondary N) is 2. The molecule has 2 N–H and O–H groups in total. The van der Waals surface area contributed by atoms with Crippen LogP contribution in [0, 0.1) is 17.2 Å². The molecule has 0 spiro atoms. The van der Waals surface area contributed by atoms with Crippen LogP contribution in [0.15, 0.2) is 18.2 Å². The quantitative estimate of drug-likeness (QED) is 0.896. The lowest BCUT2D eigenvalue weighted by Crippen LogP contribution is -2.33. The van der Waals surface area contributed by atoms with Gasteiger partial charge >= 0.3 is 6.18 Å². The van der Waals surface area contributed by atoms with E-state index in [4.69, 9.17) is 5.26 Å². The van der Waals surface area contributed by atoms with Crippen LogP contribution in [0.3, 0.4) is 0 Å². The summed E-state index contributed by atoms with van der Waals surface area (Å²) in [4.78, 5) is 0.